The Kier molecular flexibility index (Phi) is 9.57. The predicted molar refractivity (Wildman–Crippen MR) is 69.7 cm³/mol. The molecule has 1 N–H and O–H groups in total. The summed E-state index contributed by atoms with van der Waals surface area (Å²) in [6.07, 6.45) is -2.20. The first-order valence-electron chi connectivity index (χ1n) is 6.42. The maximum atomic E-state index is 12.7. The van der Waals surface area contributed by atoms with Gasteiger partial charge in [0.2, 0.25) is 5.91 Å². The molecule has 0 radical (unpaired) electrons. The second-order valence-electron chi connectivity index (χ2n) is 4.29. The molecule has 0 saturated heterocycles. The Labute approximate surface area is 130 Å². The van der Waals surface area contributed by atoms with Crippen molar-refractivity contribution in [3.05, 3.63) is 12.7 Å². The lowest BCUT2D eigenvalue weighted by atomic mass is 10.2. The Morgan fingerprint density at radius 1 is 1.39 bits per heavy atom. The van der Waals surface area contributed by atoms with E-state index in [-0.39, 0.29) is 6.42 Å². The molecule has 0 fully saturated rings. The summed E-state index contributed by atoms with van der Waals surface area (Å²) in [5.74, 6) is -6.10. The molecule has 23 heavy (non-hydrogen) atoms. The van der Waals surface area contributed by atoms with E-state index in [0.717, 1.165) is 0 Å². The standard InChI is InChI=1S/C13H16F4N2O4/c1-2-3-4-10(20)19-9(11(21)23-6-5-18)7-22-8-13(16,17)12(14)15/h2,9,12H,1,3-4,6-8H2,(H,19,20)/t9-/m0/s1. The summed E-state index contributed by atoms with van der Waals surface area (Å²) in [5.41, 5.74) is 0. The third-order valence-corrected chi connectivity index (χ3v) is 2.37. The molecule has 0 spiro atoms. The van der Waals surface area contributed by atoms with Crippen molar-refractivity contribution in [1.29, 1.82) is 5.26 Å². The molecular formula is C13H16F4N2O4. The number of halogens is 4. The lowest BCUT2D eigenvalue weighted by Gasteiger charge is -2.19. The summed E-state index contributed by atoms with van der Waals surface area (Å²) in [5, 5.41) is 10.4. The van der Waals surface area contributed by atoms with Crippen LogP contribution in [0.3, 0.4) is 0 Å². The number of allylic oxidation sites excluding steroid dienone is 1. The van der Waals surface area contributed by atoms with Crippen LogP contribution >= 0.6 is 0 Å². The Balaban J connectivity index is 4.60. The molecule has 0 heterocycles. The van der Waals surface area contributed by atoms with Crippen LogP contribution in [-0.4, -0.2) is 50.1 Å². The van der Waals surface area contributed by atoms with E-state index in [1.54, 1.807) is 0 Å². The second kappa shape index (κ2) is 10.6. The van der Waals surface area contributed by atoms with Gasteiger partial charge in [0.1, 0.15) is 12.7 Å². The molecule has 0 saturated carbocycles. The van der Waals surface area contributed by atoms with Crippen molar-refractivity contribution >= 4 is 11.9 Å². The van der Waals surface area contributed by atoms with Gasteiger partial charge in [0.05, 0.1) is 6.61 Å². The van der Waals surface area contributed by atoms with E-state index in [1.807, 2.05) is 0 Å². The highest BCUT2D eigenvalue weighted by atomic mass is 19.3. The number of rotatable bonds is 11. The van der Waals surface area contributed by atoms with Gasteiger partial charge in [0.25, 0.3) is 0 Å². The van der Waals surface area contributed by atoms with Crippen molar-refractivity contribution in [1.82, 2.24) is 5.32 Å². The van der Waals surface area contributed by atoms with Crippen molar-refractivity contribution < 1.29 is 36.6 Å². The Morgan fingerprint density at radius 2 is 2.04 bits per heavy atom. The number of hydrogen-bond acceptors (Lipinski definition) is 5. The predicted octanol–water partition coefficient (Wildman–Crippen LogP) is 1.42. The SMILES string of the molecule is C=CCCC(=O)N[C@@H](COCC(F)(F)C(F)F)C(=O)OCC#N. The summed E-state index contributed by atoms with van der Waals surface area (Å²) < 4.78 is 58.2. The number of nitriles is 1. The topological polar surface area (TPSA) is 88.4 Å². The number of carbonyl (C=O) groups excluding carboxylic acids is 2. The van der Waals surface area contributed by atoms with Crippen LogP contribution in [-0.2, 0) is 19.1 Å². The van der Waals surface area contributed by atoms with Crippen molar-refractivity contribution in [3.8, 4) is 6.07 Å². The highest BCUT2D eigenvalue weighted by Gasteiger charge is 2.41. The molecule has 0 bridgehead atoms. The molecule has 0 aromatic carbocycles. The van der Waals surface area contributed by atoms with Gasteiger partial charge in [-0.05, 0) is 6.42 Å². The van der Waals surface area contributed by atoms with E-state index in [2.05, 4.69) is 21.4 Å². The van der Waals surface area contributed by atoms with Crippen molar-refractivity contribution in [2.45, 2.75) is 31.2 Å². The minimum absolute atomic E-state index is 0.0290. The largest absolute Gasteiger partial charge is 0.449 e. The van der Waals surface area contributed by atoms with E-state index < -0.39 is 50.1 Å². The first kappa shape index (κ1) is 20.9. The minimum Gasteiger partial charge on any atom is -0.449 e. The van der Waals surface area contributed by atoms with E-state index >= 15 is 0 Å². The normalized spacial score (nSPS) is 12.3. The maximum Gasteiger partial charge on any atom is 0.332 e. The third-order valence-electron chi connectivity index (χ3n) is 2.37. The number of ether oxygens (including phenoxy) is 2. The molecule has 6 nitrogen and oxygen atoms in total. The van der Waals surface area contributed by atoms with Gasteiger partial charge in [0, 0.05) is 6.42 Å². The summed E-state index contributed by atoms with van der Waals surface area (Å²) in [4.78, 5) is 23.1. The fourth-order valence-corrected chi connectivity index (χ4v) is 1.25. The number of nitrogens with zero attached hydrogens (tertiary/aromatic N) is 1. The first-order valence-corrected chi connectivity index (χ1v) is 6.42. The van der Waals surface area contributed by atoms with Gasteiger partial charge in [-0.15, -0.1) is 6.58 Å². The van der Waals surface area contributed by atoms with Crippen molar-refractivity contribution in [2.24, 2.45) is 0 Å². The molecule has 0 unspecified atom stereocenters. The molecule has 0 aliphatic heterocycles. The zero-order valence-electron chi connectivity index (χ0n) is 12.1. The van der Waals surface area contributed by atoms with Crippen LogP contribution in [0.2, 0.25) is 0 Å². The maximum absolute atomic E-state index is 12.7. The van der Waals surface area contributed by atoms with Crippen LogP contribution in [0.15, 0.2) is 12.7 Å². The van der Waals surface area contributed by atoms with Crippen LogP contribution in [0.1, 0.15) is 12.8 Å². The molecular weight excluding hydrogens is 324 g/mol. The number of amides is 1. The molecule has 0 aliphatic rings. The first-order chi connectivity index (χ1) is 10.7. The van der Waals surface area contributed by atoms with Gasteiger partial charge in [-0.1, -0.05) is 6.08 Å². The lowest BCUT2D eigenvalue weighted by Crippen LogP contribution is -2.46. The fourth-order valence-electron chi connectivity index (χ4n) is 1.25. The van der Waals surface area contributed by atoms with E-state index in [4.69, 9.17) is 5.26 Å². The van der Waals surface area contributed by atoms with Crippen molar-refractivity contribution in [2.75, 3.05) is 19.8 Å². The molecule has 0 aromatic heterocycles. The molecule has 10 heteroatoms. The molecule has 0 aromatic rings. The highest BCUT2D eigenvalue weighted by molar-refractivity contribution is 5.84. The number of hydrogen-bond donors (Lipinski definition) is 1. The molecule has 1 atom stereocenters. The van der Waals surface area contributed by atoms with Gasteiger partial charge in [-0.3, -0.25) is 4.79 Å². The van der Waals surface area contributed by atoms with Crippen LogP contribution in [0.4, 0.5) is 17.6 Å². The molecule has 0 aliphatic carbocycles. The van der Waals surface area contributed by atoms with Gasteiger partial charge in [-0.2, -0.15) is 14.0 Å². The van der Waals surface area contributed by atoms with Gasteiger partial charge < -0.3 is 14.8 Å². The van der Waals surface area contributed by atoms with Crippen LogP contribution in [0.25, 0.3) is 0 Å². The number of nitrogens with one attached hydrogen (secondary N) is 1. The highest BCUT2D eigenvalue weighted by Crippen LogP contribution is 2.22. The molecule has 0 rings (SSSR count). The zero-order valence-corrected chi connectivity index (χ0v) is 12.1. The average Bonchev–Trinajstić information content (AvgIpc) is 2.49. The Bertz CT molecular complexity index is 452. The van der Waals surface area contributed by atoms with Gasteiger partial charge >= 0.3 is 18.3 Å². The van der Waals surface area contributed by atoms with E-state index in [1.165, 1.54) is 12.1 Å². The fraction of sp³-hybridized carbons (Fsp3) is 0.615. The quantitative estimate of drug-likeness (QED) is 0.349. The number of carbonyl (C=O) groups is 2. The summed E-state index contributed by atoms with van der Waals surface area (Å²) >= 11 is 0. The lowest BCUT2D eigenvalue weighted by molar-refractivity contribution is -0.170. The average molecular weight is 340 g/mol. The van der Waals surface area contributed by atoms with Gasteiger partial charge in [0.15, 0.2) is 12.6 Å². The van der Waals surface area contributed by atoms with Crippen LogP contribution in [0.5, 0.6) is 0 Å². The van der Waals surface area contributed by atoms with Crippen molar-refractivity contribution in [3.63, 3.8) is 0 Å². The third kappa shape index (κ3) is 8.77. The van der Waals surface area contributed by atoms with Crippen LogP contribution < -0.4 is 5.32 Å². The van der Waals surface area contributed by atoms with Crippen LogP contribution in [0, 0.1) is 11.3 Å². The zero-order chi connectivity index (χ0) is 17.9. The van der Waals surface area contributed by atoms with E-state index in [9.17, 15) is 27.2 Å². The summed E-state index contributed by atoms with van der Waals surface area (Å²) in [6, 6.07) is 0.0158. The summed E-state index contributed by atoms with van der Waals surface area (Å²) in [7, 11) is 0. The molecule has 1 amide bonds. The molecule has 130 valence electrons. The van der Waals surface area contributed by atoms with Gasteiger partial charge in [-0.25, -0.2) is 13.6 Å². The Hall–Kier alpha value is -2.15. The second-order valence-corrected chi connectivity index (χ2v) is 4.29. The smallest absolute Gasteiger partial charge is 0.332 e. The summed E-state index contributed by atoms with van der Waals surface area (Å²) in [6.45, 7) is 0.345. The number of esters is 1. The monoisotopic (exact) mass is 340 g/mol. The Morgan fingerprint density at radius 3 is 2.57 bits per heavy atom. The number of alkyl halides is 4. The minimum atomic E-state index is -4.38. The van der Waals surface area contributed by atoms with E-state index in [0.29, 0.717) is 6.42 Å².